The van der Waals surface area contributed by atoms with E-state index in [1.165, 1.54) is 0 Å². The molecule has 0 fully saturated rings. The van der Waals surface area contributed by atoms with E-state index < -0.39 is 6.10 Å². The van der Waals surface area contributed by atoms with Crippen molar-refractivity contribution in [2.45, 2.75) is 13.0 Å². The average Bonchev–Trinajstić information content (AvgIpc) is 1.99. The van der Waals surface area contributed by atoms with E-state index in [4.69, 9.17) is 21.4 Å². The van der Waals surface area contributed by atoms with Gasteiger partial charge in [0, 0.05) is 9.64 Å². The molecule has 72 valence electrons. The van der Waals surface area contributed by atoms with Crippen LogP contribution in [-0.2, 0) is 0 Å². The van der Waals surface area contributed by atoms with Crippen LogP contribution in [0, 0.1) is 3.57 Å². The van der Waals surface area contributed by atoms with Crippen molar-refractivity contribution >= 4 is 34.2 Å². The summed E-state index contributed by atoms with van der Waals surface area (Å²) in [6, 6.07) is 3.49. The highest BCUT2D eigenvalue weighted by Crippen LogP contribution is 2.17. The van der Waals surface area contributed by atoms with Gasteiger partial charge in [0.05, 0.1) is 6.10 Å². The average molecular weight is 314 g/mol. The van der Waals surface area contributed by atoms with Gasteiger partial charge in [-0.2, -0.15) is 0 Å². The fourth-order valence-corrected chi connectivity index (χ4v) is 1.67. The molecule has 1 unspecified atom stereocenters. The molecule has 0 spiro atoms. The normalized spacial score (nSPS) is 12.6. The molecule has 13 heavy (non-hydrogen) atoms. The zero-order valence-electron chi connectivity index (χ0n) is 7.00. The molecule has 3 nitrogen and oxygen atoms in total. The van der Waals surface area contributed by atoms with Crippen molar-refractivity contribution in [3.8, 4) is 5.88 Å². The third kappa shape index (κ3) is 4.10. The predicted molar refractivity (Wildman–Crippen MR) is 59.1 cm³/mol. The molecule has 0 aliphatic rings. The van der Waals surface area contributed by atoms with E-state index in [0.717, 1.165) is 3.57 Å². The summed E-state index contributed by atoms with van der Waals surface area (Å²) in [7, 11) is 0. The molecule has 0 aliphatic heterocycles. The van der Waals surface area contributed by atoms with Crippen molar-refractivity contribution in [3.05, 3.63) is 20.9 Å². The second-order valence-electron chi connectivity index (χ2n) is 2.61. The number of aliphatic hydroxyl groups is 1. The molecular weight excluding hydrogens is 304 g/mol. The maximum absolute atomic E-state index is 8.96. The van der Waals surface area contributed by atoms with E-state index in [0.29, 0.717) is 11.0 Å². The number of ether oxygens (including phenoxy) is 1. The van der Waals surface area contributed by atoms with Crippen LogP contribution in [0.15, 0.2) is 12.1 Å². The van der Waals surface area contributed by atoms with Gasteiger partial charge in [0.2, 0.25) is 5.88 Å². The van der Waals surface area contributed by atoms with Crippen LogP contribution in [0.1, 0.15) is 6.92 Å². The maximum atomic E-state index is 8.96. The summed E-state index contributed by atoms with van der Waals surface area (Å²) >= 11 is 7.83. The second kappa shape index (κ2) is 4.97. The lowest BCUT2D eigenvalue weighted by Crippen LogP contribution is -2.13. The number of aliphatic hydroxyl groups excluding tert-OH is 1. The Morgan fingerprint density at radius 2 is 2.38 bits per heavy atom. The van der Waals surface area contributed by atoms with Crippen LogP contribution in [0.4, 0.5) is 0 Å². The highest BCUT2D eigenvalue weighted by atomic mass is 127. The molecule has 1 heterocycles. The topological polar surface area (TPSA) is 42.4 Å². The Labute approximate surface area is 95.2 Å². The number of nitrogens with zero attached hydrogens (tertiary/aromatic N) is 1. The molecular formula is C8H9ClINO2. The largest absolute Gasteiger partial charge is 0.475 e. The minimum atomic E-state index is -0.501. The SMILES string of the molecule is CC(O)COc1cc(I)cc(Cl)n1. The first-order valence-electron chi connectivity index (χ1n) is 3.72. The Hall–Kier alpha value is -0.0700. The Kier molecular flexibility index (Phi) is 4.21. The summed E-state index contributed by atoms with van der Waals surface area (Å²) in [6.45, 7) is 1.87. The van der Waals surface area contributed by atoms with Crippen molar-refractivity contribution < 1.29 is 9.84 Å². The van der Waals surface area contributed by atoms with Crippen LogP contribution in [0.25, 0.3) is 0 Å². The van der Waals surface area contributed by atoms with E-state index in [1.807, 2.05) is 0 Å². The summed E-state index contributed by atoms with van der Waals surface area (Å²) in [6.07, 6.45) is -0.501. The van der Waals surface area contributed by atoms with Crippen molar-refractivity contribution in [2.75, 3.05) is 6.61 Å². The summed E-state index contributed by atoms with van der Waals surface area (Å²) in [4.78, 5) is 3.93. The van der Waals surface area contributed by atoms with Gasteiger partial charge in [-0.05, 0) is 35.6 Å². The van der Waals surface area contributed by atoms with Crippen molar-refractivity contribution in [2.24, 2.45) is 0 Å². The first kappa shape index (κ1) is 11.0. The Bertz CT molecular complexity index is 273. The lowest BCUT2D eigenvalue weighted by atomic mass is 10.4. The van der Waals surface area contributed by atoms with Crippen LogP contribution >= 0.6 is 34.2 Å². The lowest BCUT2D eigenvalue weighted by molar-refractivity contribution is 0.120. The molecule has 0 aliphatic carbocycles. The molecule has 0 saturated carbocycles. The summed E-state index contributed by atoms with van der Waals surface area (Å²) in [5.74, 6) is 0.442. The van der Waals surface area contributed by atoms with Crippen molar-refractivity contribution in [1.82, 2.24) is 4.98 Å². The van der Waals surface area contributed by atoms with E-state index in [2.05, 4.69) is 27.6 Å². The minimum Gasteiger partial charge on any atom is -0.475 e. The maximum Gasteiger partial charge on any atom is 0.215 e. The monoisotopic (exact) mass is 313 g/mol. The highest BCUT2D eigenvalue weighted by Gasteiger charge is 2.02. The lowest BCUT2D eigenvalue weighted by Gasteiger charge is -2.07. The molecule has 5 heteroatoms. The highest BCUT2D eigenvalue weighted by molar-refractivity contribution is 14.1. The first-order valence-corrected chi connectivity index (χ1v) is 5.17. The van der Waals surface area contributed by atoms with Crippen LogP contribution in [-0.4, -0.2) is 22.8 Å². The zero-order chi connectivity index (χ0) is 9.84. The molecule has 0 radical (unpaired) electrons. The predicted octanol–water partition coefficient (Wildman–Crippen LogP) is 2.10. The third-order valence-electron chi connectivity index (χ3n) is 1.21. The molecule has 1 N–H and O–H groups in total. The van der Waals surface area contributed by atoms with Gasteiger partial charge in [-0.3, -0.25) is 0 Å². The molecule has 0 aromatic carbocycles. The molecule has 1 aromatic heterocycles. The number of aromatic nitrogens is 1. The smallest absolute Gasteiger partial charge is 0.215 e. The number of pyridine rings is 1. The molecule has 1 atom stereocenters. The molecule has 0 bridgehead atoms. The van der Waals surface area contributed by atoms with Crippen LogP contribution in [0.5, 0.6) is 5.88 Å². The van der Waals surface area contributed by atoms with Gasteiger partial charge in [-0.15, -0.1) is 0 Å². The summed E-state index contributed by atoms with van der Waals surface area (Å²) < 4.78 is 6.14. The fourth-order valence-electron chi connectivity index (χ4n) is 0.723. The van der Waals surface area contributed by atoms with Crippen LogP contribution < -0.4 is 4.74 Å². The first-order chi connectivity index (χ1) is 6.08. The van der Waals surface area contributed by atoms with Crippen LogP contribution in [0.3, 0.4) is 0 Å². The van der Waals surface area contributed by atoms with Gasteiger partial charge in [0.15, 0.2) is 0 Å². The van der Waals surface area contributed by atoms with Crippen molar-refractivity contribution in [1.29, 1.82) is 0 Å². The number of hydrogen-bond acceptors (Lipinski definition) is 3. The Morgan fingerprint density at radius 3 is 2.92 bits per heavy atom. The van der Waals surface area contributed by atoms with E-state index >= 15 is 0 Å². The van der Waals surface area contributed by atoms with Crippen molar-refractivity contribution in [3.63, 3.8) is 0 Å². The summed E-state index contributed by atoms with van der Waals surface area (Å²) in [5, 5.41) is 9.36. The zero-order valence-corrected chi connectivity index (χ0v) is 9.91. The Morgan fingerprint density at radius 1 is 1.69 bits per heavy atom. The summed E-state index contributed by atoms with van der Waals surface area (Å²) in [5.41, 5.74) is 0. The van der Waals surface area contributed by atoms with Gasteiger partial charge in [-0.25, -0.2) is 4.98 Å². The fraction of sp³-hybridized carbons (Fsp3) is 0.375. The van der Waals surface area contributed by atoms with E-state index in [1.54, 1.807) is 19.1 Å². The van der Waals surface area contributed by atoms with Gasteiger partial charge >= 0.3 is 0 Å². The molecule has 0 amide bonds. The van der Waals surface area contributed by atoms with Crippen LogP contribution in [0.2, 0.25) is 5.15 Å². The molecule has 1 aromatic rings. The molecule has 1 rings (SSSR count). The minimum absolute atomic E-state index is 0.226. The Balaban J connectivity index is 2.66. The van der Waals surface area contributed by atoms with Gasteiger partial charge in [0.25, 0.3) is 0 Å². The quantitative estimate of drug-likeness (QED) is 0.686. The van der Waals surface area contributed by atoms with Gasteiger partial charge < -0.3 is 9.84 Å². The number of halogens is 2. The van der Waals surface area contributed by atoms with Gasteiger partial charge in [0.1, 0.15) is 11.8 Å². The van der Waals surface area contributed by atoms with Gasteiger partial charge in [-0.1, -0.05) is 11.6 Å². The second-order valence-corrected chi connectivity index (χ2v) is 4.24. The number of hydrogen-bond donors (Lipinski definition) is 1. The third-order valence-corrected chi connectivity index (χ3v) is 2.02. The standard InChI is InChI=1S/C8H9ClINO2/c1-5(12)4-13-8-3-6(10)2-7(9)11-8/h2-3,5,12H,4H2,1H3. The number of rotatable bonds is 3. The van der Waals surface area contributed by atoms with E-state index in [9.17, 15) is 0 Å². The van der Waals surface area contributed by atoms with E-state index in [-0.39, 0.29) is 6.61 Å². The molecule has 0 saturated heterocycles.